The number of hydrogen-bond donors (Lipinski definition) is 0. The Labute approximate surface area is 127 Å². The minimum absolute atomic E-state index is 0.710. The quantitative estimate of drug-likeness (QED) is 0.517. The van der Waals surface area contributed by atoms with Gasteiger partial charge in [0.05, 0.1) is 0 Å². The van der Waals surface area contributed by atoms with E-state index in [1.807, 2.05) is 0 Å². The average molecular weight is 417 g/mol. The van der Waals surface area contributed by atoms with Crippen LogP contribution in [0.15, 0.2) is 48.5 Å². The fraction of sp³-hybridized carbons (Fsp3) is 0.143. The van der Waals surface area contributed by atoms with Crippen molar-refractivity contribution in [1.29, 1.82) is 0 Å². The molecule has 0 fully saturated rings. The first-order valence-corrected chi connectivity index (χ1v) is 7.81. The van der Waals surface area contributed by atoms with E-state index >= 15 is 0 Å². The molecule has 0 saturated heterocycles. The molecule has 0 radical (unpaired) electrons. The number of alkyl halides is 6. The molecule has 0 aliphatic rings. The fourth-order valence-corrected chi connectivity index (χ4v) is 3.69. The Balaban J connectivity index is 2.12. The van der Waals surface area contributed by atoms with Crippen molar-refractivity contribution in [2.24, 2.45) is 0 Å². The van der Waals surface area contributed by atoms with Gasteiger partial charge in [-0.1, -0.05) is 0 Å². The van der Waals surface area contributed by atoms with E-state index in [2.05, 4.69) is 0 Å². The van der Waals surface area contributed by atoms with E-state index in [1.54, 1.807) is 0 Å². The molecule has 7 heteroatoms. The van der Waals surface area contributed by atoms with Crippen molar-refractivity contribution >= 4 is 0 Å². The van der Waals surface area contributed by atoms with Crippen LogP contribution in [0.3, 0.4) is 0 Å². The van der Waals surface area contributed by atoms with Gasteiger partial charge in [0, 0.05) is 0 Å². The summed E-state index contributed by atoms with van der Waals surface area (Å²) < 4.78 is 75.9. The Kier molecular flexibility index (Phi) is 4.50. The molecule has 0 atom stereocenters. The van der Waals surface area contributed by atoms with Crippen LogP contribution in [0.5, 0.6) is 0 Å². The summed E-state index contributed by atoms with van der Waals surface area (Å²) in [4.78, 5) is 0. The van der Waals surface area contributed by atoms with E-state index in [9.17, 15) is 26.3 Å². The van der Waals surface area contributed by atoms with Crippen molar-refractivity contribution in [2.75, 3.05) is 0 Å². The van der Waals surface area contributed by atoms with Gasteiger partial charge in [-0.05, 0) is 0 Å². The molecule has 0 aliphatic carbocycles. The number of hydrogen-bond acceptors (Lipinski definition) is 0. The molecule has 0 spiro atoms. The third-order valence-electron chi connectivity index (χ3n) is 2.56. The minimum atomic E-state index is -4.38. The molecule has 0 unspecified atom stereocenters. The Morgan fingerprint density at radius 3 is 1.05 bits per heavy atom. The molecule has 2 rings (SSSR count). The molecule has 0 heterocycles. The van der Waals surface area contributed by atoms with Crippen LogP contribution in [0.1, 0.15) is 11.1 Å². The summed E-state index contributed by atoms with van der Waals surface area (Å²) in [5.41, 5.74) is -1.47. The van der Waals surface area contributed by atoms with Crippen molar-refractivity contribution in [2.45, 2.75) is 12.4 Å². The van der Waals surface area contributed by atoms with E-state index in [0.717, 1.165) is 24.3 Å². The Bertz CT molecular complexity index is 540. The summed E-state index contributed by atoms with van der Waals surface area (Å²) in [6, 6.07) is 9.42. The second kappa shape index (κ2) is 5.86. The van der Waals surface area contributed by atoms with Crippen LogP contribution < -0.4 is 21.2 Å². The van der Waals surface area contributed by atoms with E-state index < -0.39 is 44.7 Å². The first kappa shape index (κ1) is 16.1. The normalized spacial score (nSPS) is 12.7. The number of benzene rings is 2. The predicted octanol–water partition coefficient (Wildman–Crippen LogP) is 1.85. The van der Waals surface area contributed by atoms with Gasteiger partial charge in [0.25, 0.3) is 0 Å². The van der Waals surface area contributed by atoms with Gasteiger partial charge < -0.3 is 0 Å². The maximum absolute atomic E-state index is 12.4. The molecule has 2 aromatic carbocycles. The Morgan fingerprint density at radius 2 is 0.810 bits per heavy atom. The molecule has 114 valence electrons. The summed E-state index contributed by atoms with van der Waals surface area (Å²) in [5.74, 6) is 0. The van der Waals surface area contributed by atoms with Gasteiger partial charge in [0.2, 0.25) is 0 Å². The monoisotopic (exact) mass is 417 g/mol. The van der Waals surface area contributed by atoms with E-state index in [1.165, 1.54) is 24.3 Å². The maximum atomic E-state index is 12.4. The molecule has 0 saturated carbocycles. The summed E-state index contributed by atoms with van der Waals surface area (Å²) in [7, 11) is 0. The van der Waals surface area contributed by atoms with Crippen LogP contribution in [-0.4, -0.2) is 0 Å². The average Bonchev–Trinajstić information content (AvgIpc) is 2.38. The van der Waals surface area contributed by atoms with E-state index in [4.69, 9.17) is 0 Å². The van der Waals surface area contributed by atoms with Gasteiger partial charge in [-0.25, -0.2) is 0 Å². The SMILES string of the molecule is FC(F)(F)c1ccc([I-]c2ccc(C(F)(F)F)cc2)cc1. The first-order valence-electron chi connectivity index (χ1n) is 5.65. The van der Waals surface area contributed by atoms with Gasteiger partial charge in [-0.3, -0.25) is 0 Å². The van der Waals surface area contributed by atoms with E-state index in [0.29, 0.717) is 7.14 Å². The zero-order valence-corrected chi connectivity index (χ0v) is 12.4. The molecule has 0 aromatic heterocycles. The molecule has 2 aromatic rings. The van der Waals surface area contributed by atoms with Gasteiger partial charge in [-0.15, -0.1) is 0 Å². The third-order valence-corrected chi connectivity index (χ3v) is 5.25. The Hall–Kier alpha value is -1.25. The summed E-state index contributed by atoms with van der Waals surface area (Å²) in [5, 5.41) is 0. The molecule has 0 amide bonds. The molecular weight excluding hydrogens is 409 g/mol. The standard InChI is InChI=1S/C14H8F6I/c15-13(16,17)9-1-5-11(6-2-9)21-12-7-3-10(4-8-12)14(18,19)20/h1-8H/q-1. The van der Waals surface area contributed by atoms with Crippen molar-refractivity contribution in [3.8, 4) is 0 Å². The van der Waals surface area contributed by atoms with Gasteiger partial charge in [0.15, 0.2) is 0 Å². The van der Waals surface area contributed by atoms with Crippen LogP contribution in [0.25, 0.3) is 0 Å². The van der Waals surface area contributed by atoms with Crippen molar-refractivity contribution in [3.63, 3.8) is 0 Å². The van der Waals surface area contributed by atoms with Crippen LogP contribution >= 0.6 is 0 Å². The molecule has 0 nitrogen and oxygen atoms in total. The number of halogens is 7. The molecule has 0 aliphatic heterocycles. The molecular formula is C14H8F6I-. The van der Waals surface area contributed by atoms with Crippen LogP contribution in [-0.2, 0) is 12.4 Å². The van der Waals surface area contributed by atoms with Crippen molar-refractivity contribution in [3.05, 3.63) is 66.8 Å². The van der Waals surface area contributed by atoms with Gasteiger partial charge in [-0.2, -0.15) is 0 Å². The van der Waals surface area contributed by atoms with Gasteiger partial charge in [0.1, 0.15) is 0 Å². The third kappa shape index (κ3) is 4.36. The summed E-state index contributed by atoms with van der Waals surface area (Å²) in [6.45, 7) is 0. The zero-order chi connectivity index (χ0) is 15.7. The first-order chi connectivity index (χ1) is 9.66. The fourth-order valence-electron chi connectivity index (χ4n) is 1.53. The summed E-state index contributed by atoms with van der Waals surface area (Å²) >= 11 is -0.805. The molecule has 0 bridgehead atoms. The molecule has 21 heavy (non-hydrogen) atoms. The predicted molar refractivity (Wildman–Crippen MR) is 60.3 cm³/mol. The van der Waals surface area contributed by atoms with Gasteiger partial charge >= 0.3 is 127 Å². The van der Waals surface area contributed by atoms with Crippen molar-refractivity contribution in [1.82, 2.24) is 0 Å². The topological polar surface area (TPSA) is 0 Å². The summed E-state index contributed by atoms with van der Waals surface area (Å²) in [6.07, 6.45) is -8.77. The molecule has 0 N–H and O–H groups in total. The Morgan fingerprint density at radius 1 is 0.524 bits per heavy atom. The zero-order valence-electron chi connectivity index (χ0n) is 10.3. The van der Waals surface area contributed by atoms with E-state index in [-0.39, 0.29) is 0 Å². The van der Waals surface area contributed by atoms with Crippen LogP contribution in [0.2, 0.25) is 0 Å². The van der Waals surface area contributed by atoms with Crippen LogP contribution in [0.4, 0.5) is 26.3 Å². The second-order valence-corrected chi connectivity index (χ2v) is 7.13. The van der Waals surface area contributed by atoms with Crippen LogP contribution in [0, 0.1) is 7.14 Å². The van der Waals surface area contributed by atoms with Crippen molar-refractivity contribution < 1.29 is 47.5 Å². The second-order valence-electron chi connectivity index (χ2n) is 4.10. The number of rotatable bonds is 2.